The molecule has 31 heavy (non-hydrogen) atoms. The fourth-order valence-electron chi connectivity index (χ4n) is 6.11. The molecule has 4 atom stereocenters. The molecule has 0 radical (unpaired) electrons. The first kappa shape index (κ1) is 20.3. The molecular weight excluding hydrogens is 382 g/mol. The summed E-state index contributed by atoms with van der Waals surface area (Å²) in [6.45, 7) is 1.90. The number of aliphatic hydroxyl groups is 1. The number of methoxy groups -OCH3 is 1. The van der Waals surface area contributed by atoms with Gasteiger partial charge < -0.3 is 14.7 Å². The topological polar surface area (TPSA) is 32.7 Å². The van der Waals surface area contributed by atoms with Gasteiger partial charge in [-0.1, -0.05) is 66.7 Å². The van der Waals surface area contributed by atoms with Gasteiger partial charge in [-0.3, -0.25) is 0 Å². The maximum atomic E-state index is 12.2. The molecule has 3 aromatic rings. The molecular formula is C28H31NO2. The number of rotatable bonds is 6. The Hall–Kier alpha value is -2.62. The van der Waals surface area contributed by atoms with E-state index >= 15 is 0 Å². The molecule has 6 rings (SSSR count). The molecule has 2 bridgehead atoms. The van der Waals surface area contributed by atoms with E-state index in [0.29, 0.717) is 11.8 Å². The van der Waals surface area contributed by atoms with E-state index in [1.165, 1.54) is 16.7 Å². The second kappa shape index (κ2) is 8.14. The molecule has 0 aromatic heterocycles. The van der Waals surface area contributed by atoms with Crippen LogP contribution < -0.4 is 4.74 Å². The number of benzene rings is 3. The van der Waals surface area contributed by atoms with Crippen LogP contribution in [0.15, 0.2) is 78.9 Å². The minimum Gasteiger partial charge on any atom is -0.497 e. The maximum absolute atomic E-state index is 12.2. The van der Waals surface area contributed by atoms with Gasteiger partial charge in [0.15, 0.2) is 0 Å². The Kier molecular flexibility index (Phi) is 5.33. The fourth-order valence-corrected chi connectivity index (χ4v) is 6.11. The highest BCUT2D eigenvalue weighted by molar-refractivity contribution is 5.46. The molecule has 1 saturated carbocycles. The van der Waals surface area contributed by atoms with Crippen LogP contribution in [0.4, 0.5) is 0 Å². The fraction of sp³-hybridized carbons (Fsp3) is 0.357. The van der Waals surface area contributed by atoms with Gasteiger partial charge in [0, 0.05) is 19.0 Å². The first-order valence-corrected chi connectivity index (χ1v) is 11.3. The van der Waals surface area contributed by atoms with E-state index in [-0.39, 0.29) is 5.92 Å². The Balaban J connectivity index is 1.47. The maximum Gasteiger partial charge on any atom is 0.118 e. The van der Waals surface area contributed by atoms with Gasteiger partial charge in [0.1, 0.15) is 5.75 Å². The third-order valence-electron chi connectivity index (χ3n) is 7.33. The van der Waals surface area contributed by atoms with Crippen molar-refractivity contribution in [1.82, 2.24) is 4.90 Å². The van der Waals surface area contributed by atoms with Gasteiger partial charge in [0.2, 0.25) is 0 Å². The van der Waals surface area contributed by atoms with Crippen molar-refractivity contribution in [2.24, 2.45) is 5.92 Å². The summed E-state index contributed by atoms with van der Waals surface area (Å²) in [6, 6.07) is 27.5. The minimum atomic E-state index is -0.845. The lowest BCUT2D eigenvalue weighted by atomic mass is 9.53. The van der Waals surface area contributed by atoms with Gasteiger partial charge in [-0.2, -0.15) is 0 Å². The molecule has 160 valence electrons. The molecule has 0 saturated heterocycles. The lowest BCUT2D eigenvalue weighted by molar-refractivity contribution is -0.0683. The van der Waals surface area contributed by atoms with Crippen LogP contribution >= 0.6 is 0 Å². The van der Waals surface area contributed by atoms with Crippen LogP contribution in [0.1, 0.15) is 46.9 Å². The number of hydrogen-bond donors (Lipinski definition) is 1. The largest absolute Gasteiger partial charge is 0.497 e. The lowest BCUT2D eigenvalue weighted by Crippen LogP contribution is -2.50. The number of hydrogen-bond acceptors (Lipinski definition) is 3. The first-order chi connectivity index (χ1) is 15.1. The predicted octanol–water partition coefficient (Wildman–Crippen LogP) is 5.31. The van der Waals surface area contributed by atoms with Gasteiger partial charge in [-0.05, 0) is 66.1 Å². The Bertz CT molecular complexity index is 1030. The van der Waals surface area contributed by atoms with Crippen molar-refractivity contribution in [1.29, 1.82) is 0 Å². The molecule has 3 aromatic carbocycles. The molecule has 1 N–H and O–H groups in total. The normalized spacial score (nSPS) is 26.6. The third kappa shape index (κ3) is 3.66. The molecule has 0 heterocycles. The second-order valence-corrected chi connectivity index (χ2v) is 9.34. The van der Waals surface area contributed by atoms with Crippen molar-refractivity contribution < 1.29 is 9.84 Å². The van der Waals surface area contributed by atoms with Crippen molar-refractivity contribution in [2.45, 2.75) is 36.8 Å². The van der Waals surface area contributed by atoms with Crippen molar-refractivity contribution >= 4 is 0 Å². The van der Waals surface area contributed by atoms with Crippen molar-refractivity contribution in [2.75, 3.05) is 20.7 Å². The molecule has 3 heteroatoms. The third-order valence-corrected chi connectivity index (χ3v) is 7.33. The Morgan fingerprint density at radius 1 is 0.935 bits per heavy atom. The van der Waals surface area contributed by atoms with Crippen LogP contribution in [0.2, 0.25) is 0 Å². The van der Waals surface area contributed by atoms with Crippen LogP contribution in [0.5, 0.6) is 5.75 Å². The van der Waals surface area contributed by atoms with E-state index in [0.717, 1.165) is 37.2 Å². The molecule has 0 unspecified atom stereocenters. The highest BCUT2D eigenvalue weighted by Gasteiger charge is 2.54. The highest BCUT2D eigenvalue weighted by atomic mass is 16.5. The van der Waals surface area contributed by atoms with E-state index in [4.69, 9.17) is 4.74 Å². The van der Waals surface area contributed by atoms with Gasteiger partial charge in [-0.25, -0.2) is 0 Å². The molecule has 1 fully saturated rings. The number of nitrogens with zero attached hydrogens (tertiary/aromatic N) is 1. The van der Waals surface area contributed by atoms with Gasteiger partial charge >= 0.3 is 0 Å². The summed E-state index contributed by atoms with van der Waals surface area (Å²) in [6.07, 6.45) is 1.93. The predicted molar refractivity (Wildman–Crippen MR) is 124 cm³/mol. The van der Waals surface area contributed by atoms with Gasteiger partial charge in [0.25, 0.3) is 0 Å². The summed E-state index contributed by atoms with van der Waals surface area (Å²) in [7, 11) is 3.88. The summed E-state index contributed by atoms with van der Waals surface area (Å²) in [5.74, 6) is 1.73. The standard InChI is InChI=1S/C28H31NO2/c1-29(18-20-8-4-3-5-9-20)19-22-16-21-17-28(30,23-12-14-24(31-2)15-13-23)27(22)26-11-7-6-10-25(21)26/h3-15,21-22,27,30H,16-19H2,1-2H3/t21-,22-,27+,28+/m0/s1. The average molecular weight is 414 g/mol. The zero-order valence-corrected chi connectivity index (χ0v) is 18.4. The molecule has 3 aliphatic rings. The smallest absolute Gasteiger partial charge is 0.118 e. The highest BCUT2D eigenvalue weighted by Crippen LogP contribution is 2.60. The van der Waals surface area contributed by atoms with Crippen molar-refractivity contribution in [3.8, 4) is 5.75 Å². The van der Waals surface area contributed by atoms with E-state index in [1.54, 1.807) is 7.11 Å². The van der Waals surface area contributed by atoms with Crippen LogP contribution in [-0.2, 0) is 12.1 Å². The van der Waals surface area contributed by atoms with E-state index in [1.807, 2.05) is 24.3 Å². The summed E-state index contributed by atoms with van der Waals surface area (Å²) in [5.41, 5.74) is 4.26. The van der Waals surface area contributed by atoms with E-state index in [9.17, 15) is 5.11 Å². The summed E-state index contributed by atoms with van der Waals surface area (Å²) < 4.78 is 5.35. The monoisotopic (exact) mass is 413 g/mol. The van der Waals surface area contributed by atoms with Crippen molar-refractivity contribution in [3.05, 3.63) is 101 Å². The van der Waals surface area contributed by atoms with E-state index < -0.39 is 5.60 Å². The number of fused-ring (bicyclic) bond motifs is 2. The zero-order valence-electron chi connectivity index (χ0n) is 18.4. The SMILES string of the molecule is COc1ccc([C@]2(O)C[C@@H]3C[C@@H](CN(C)Cc4ccccc4)[C@@H]2c2ccccc23)cc1. The van der Waals surface area contributed by atoms with Crippen LogP contribution in [0, 0.1) is 5.92 Å². The Morgan fingerprint density at radius 3 is 2.32 bits per heavy atom. The first-order valence-electron chi connectivity index (χ1n) is 11.3. The van der Waals surface area contributed by atoms with Crippen LogP contribution in [-0.4, -0.2) is 30.7 Å². The van der Waals surface area contributed by atoms with Crippen LogP contribution in [0.25, 0.3) is 0 Å². The molecule has 0 aliphatic heterocycles. The minimum absolute atomic E-state index is 0.0975. The quantitative estimate of drug-likeness (QED) is 0.595. The zero-order chi connectivity index (χ0) is 21.4. The summed E-state index contributed by atoms with van der Waals surface area (Å²) >= 11 is 0. The average Bonchev–Trinajstić information content (AvgIpc) is 2.80. The molecule has 3 nitrogen and oxygen atoms in total. The summed E-state index contributed by atoms with van der Waals surface area (Å²) in [5, 5.41) is 12.2. The Labute approximate surface area is 185 Å². The van der Waals surface area contributed by atoms with Gasteiger partial charge in [0.05, 0.1) is 12.7 Å². The Morgan fingerprint density at radius 2 is 1.61 bits per heavy atom. The summed E-state index contributed by atoms with van der Waals surface area (Å²) in [4.78, 5) is 2.41. The lowest BCUT2D eigenvalue weighted by Gasteiger charge is -2.54. The molecule has 0 amide bonds. The second-order valence-electron chi connectivity index (χ2n) is 9.34. The molecule has 0 spiro atoms. The van der Waals surface area contributed by atoms with Crippen molar-refractivity contribution in [3.63, 3.8) is 0 Å². The van der Waals surface area contributed by atoms with E-state index in [2.05, 4.69) is 66.5 Å². The number of ether oxygens (including phenoxy) is 1. The van der Waals surface area contributed by atoms with Crippen LogP contribution in [0.3, 0.4) is 0 Å². The molecule has 3 aliphatic carbocycles. The van der Waals surface area contributed by atoms with Gasteiger partial charge in [-0.15, -0.1) is 0 Å².